The predicted molar refractivity (Wildman–Crippen MR) is 67.7 cm³/mol. The Balaban J connectivity index is 2.50. The van der Waals surface area contributed by atoms with Crippen LogP contribution < -0.4 is 0 Å². The van der Waals surface area contributed by atoms with E-state index in [1.807, 2.05) is 19.1 Å². The van der Waals surface area contributed by atoms with Crippen molar-refractivity contribution in [2.45, 2.75) is 6.92 Å². The average Bonchev–Trinajstić information content (AvgIpc) is 2.22. The third-order valence-electron chi connectivity index (χ3n) is 1.85. The van der Waals surface area contributed by atoms with Crippen LogP contribution in [0.4, 0.5) is 0 Å². The molecule has 3 nitrogen and oxygen atoms in total. The van der Waals surface area contributed by atoms with Crippen LogP contribution in [-0.2, 0) is 0 Å². The van der Waals surface area contributed by atoms with Gasteiger partial charge in [0.2, 0.25) is 0 Å². The molecular weight excluding hydrogens is 324 g/mol. The number of aryl methyl sites for hydroxylation is 1. The van der Waals surface area contributed by atoms with Gasteiger partial charge in [-0.15, -0.1) is 0 Å². The van der Waals surface area contributed by atoms with E-state index >= 15 is 0 Å². The number of halogens is 2. The van der Waals surface area contributed by atoms with Gasteiger partial charge in [0.25, 0.3) is 0 Å². The third kappa shape index (κ3) is 2.43. The van der Waals surface area contributed by atoms with Crippen molar-refractivity contribution in [2.75, 3.05) is 0 Å². The topological polar surface area (TPSA) is 38.7 Å². The zero-order valence-electron chi connectivity index (χ0n) is 7.91. The molecule has 5 heteroatoms. The summed E-state index contributed by atoms with van der Waals surface area (Å²) in [6.07, 6.45) is 3.43. The molecule has 76 valence electrons. The van der Waals surface area contributed by atoms with Crippen molar-refractivity contribution in [3.63, 3.8) is 0 Å². The monoisotopic (exact) mass is 331 g/mol. The summed E-state index contributed by atoms with van der Waals surface area (Å²) in [5.41, 5.74) is 1.87. The van der Waals surface area contributed by atoms with Gasteiger partial charge in [0, 0.05) is 12.4 Å². The molecule has 2 aromatic heterocycles. The van der Waals surface area contributed by atoms with E-state index in [4.69, 9.17) is 11.6 Å². The summed E-state index contributed by atoms with van der Waals surface area (Å²) in [5, 5.41) is 0.462. The smallest absolute Gasteiger partial charge is 0.179 e. The van der Waals surface area contributed by atoms with E-state index < -0.39 is 0 Å². The summed E-state index contributed by atoms with van der Waals surface area (Å²) >= 11 is 8.01. The van der Waals surface area contributed by atoms with E-state index in [2.05, 4.69) is 37.5 Å². The van der Waals surface area contributed by atoms with Gasteiger partial charge in [-0.25, -0.2) is 9.97 Å². The second kappa shape index (κ2) is 4.40. The van der Waals surface area contributed by atoms with Gasteiger partial charge in [-0.3, -0.25) is 4.98 Å². The average molecular weight is 332 g/mol. The Kier molecular flexibility index (Phi) is 3.16. The third-order valence-corrected chi connectivity index (χ3v) is 3.24. The maximum absolute atomic E-state index is 5.92. The molecule has 0 aromatic carbocycles. The number of nitrogens with zero attached hydrogens (tertiary/aromatic N) is 3. The van der Waals surface area contributed by atoms with Gasteiger partial charge in [0.05, 0.1) is 3.57 Å². The standard InChI is InChI=1S/C10H7ClIN3/c1-6-2-3-13-8(4-6)10-14-5-7(12)9(11)15-10/h2-5H,1H3. The van der Waals surface area contributed by atoms with Crippen LogP contribution in [0.15, 0.2) is 24.5 Å². The Hall–Kier alpha value is -0.750. The number of aromatic nitrogens is 3. The minimum absolute atomic E-state index is 0.462. The van der Waals surface area contributed by atoms with Crippen LogP contribution in [0.25, 0.3) is 11.5 Å². The first-order chi connectivity index (χ1) is 7.16. The van der Waals surface area contributed by atoms with Crippen LogP contribution in [0.5, 0.6) is 0 Å². The molecule has 0 spiro atoms. The van der Waals surface area contributed by atoms with Gasteiger partial charge in [-0.2, -0.15) is 0 Å². The van der Waals surface area contributed by atoms with E-state index in [0.717, 1.165) is 14.8 Å². The molecule has 0 aliphatic carbocycles. The van der Waals surface area contributed by atoms with Crippen molar-refractivity contribution in [3.8, 4) is 11.5 Å². The molecular formula is C10H7ClIN3. The van der Waals surface area contributed by atoms with Crippen molar-refractivity contribution in [2.24, 2.45) is 0 Å². The molecule has 2 rings (SSSR count). The number of rotatable bonds is 1. The van der Waals surface area contributed by atoms with Gasteiger partial charge >= 0.3 is 0 Å². The Labute approximate surface area is 106 Å². The first kappa shape index (κ1) is 10.8. The Morgan fingerprint density at radius 2 is 2.13 bits per heavy atom. The number of hydrogen-bond donors (Lipinski definition) is 0. The summed E-state index contributed by atoms with van der Waals surface area (Å²) in [7, 11) is 0. The number of hydrogen-bond acceptors (Lipinski definition) is 3. The lowest BCUT2D eigenvalue weighted by Crippen LogP contribution is -1.93. The maximum atomic E-state index is 5.92. The molecule has 0 aliphatic rings. The Morgan fingerprint density at radius 1 is 1.33 bits per heavy atom. The van der Waals surface area contributed by atoms with Crippen molar-refractivity contribution in [3.05, 3.63) is 38.8 Å². The van der Waals surface area contributed by atoms with Gasteiger partial charge < -0.3 is 0 Å². The molecule has 15 heavy (non-hydrogen) atoms. The van der Waals surface area contributed by atoms with E-state index in [-0.39, 0.29) is 0 Å². The predicted octanol–water partition coefficient (Wildman–Crippen LogP) is 3.11. The van der Waals surface area contributed by atoms with Crippen LogP contribution in [-0.4, -0.2) is 15.0 Å². The lowest BCUT2D eigenvalue weighted by atomic mass is 10.2. The summed E-state index contributed by atoms with van der Waals surface area (Å²) in [4.78, 5) is 12.5. The zero-order valence-corrected chi connectivity index (χ0v) is 10.8. The molecule has 0 atom stereocenters. The highest BCUT2D eigenvalue weighted by molar-refractivity contribution is 14.1. The fraction of sp³-hybridized carbons (Fsp3) is 0.100. The van der Waals surface area contributed by atoms with Crippen LogP contribution in [0.1, 0.15) is 5.56 Å². The lowest BCUT2D eigenvalue weighted by Gasteiger charge is -2.01. The lowest BCUT2D eigenvalue weighted by molar-refractivity contribution is 1.12. The minimum Gasteiger partial charge on any atom is -0.253 e. The zero-order chi connectivity index (χ0) is 10.8. The Morgan fingerprint density at radius 3 is 2.80 bits per heavy atom. The van der Waals surface area contributed by atoms with E-state index in [1.54, 1.807) is 12.4 Å². The summed E-state index contributed by atoms with van der Waals surface area (Å²) < 4.78 is 0.839. The summed E-state index contributed by atoms with van der Waals surface area (Å²) in [6.45, 7) is 2.00. The van der Waals surface area contributed by atoms with Gasteiger partial charge in [-0.1, -0.05) is 11.6 Å². The molecule has 0 bridgehead atoms. The van der Waals surface area contributed by atoms with E-state index in [9.17, 15) is 0 Å². The van der Waals surface area contributed by atoms with Crippen molar-refractivity contribution < 1.29 is 0 Å². The molecule has 0 unspecified atom stereocenters. The van der Waals surface area contributed by atoms with Gasteiger partial charge in [-0.05, 0) is 47.2 Å². The molecule has 0 radical (unpaired) electrons. The van der Waals surface area contributed by atoms with Crippen molar-refractivity contribution in [1.82, 2.24) is 15.0 Å². The van der Waals surface area contributed by atoms with Gasteiger partial charge in [0.1, 0.15) is 10.8 Å². The molecule has 0 amide bonds. The van der Waals surface area contributed by atoms with E-state index in [1.165, 1.54) is 0 Å². The van der Waals surface area contributed by atoms with Crippen LogP contribution in [0.2, 0.25) is 5.15 Å². The fourth-order valence-electron chi connectivity index (χ4n) is 1.13. The second-order valence-corrected chi connectivity index (χ2v) is 4.57. The van der Waals surface area contributed by atoms with Crippen LogP contribution >= 0.6 is 34.2 Å². The molecule has 0 aliphatic heterocycles. The summed E-state index contributed by atoms with van der Waals surface area (Å²) in [6, 6.07) is 3.86. The molecule has 0 fully saturated rings. The first-order valence-electron chi connectivity index (χ1n) is 4.28. The second-order valence-electron chi connectivity index (χ2n) is 3.05. The fourth-order valence-corrected chi connectivity index (χ4v) is 1.52. The van der Waals surface area contributed by atoms with Crippen LogP contribution in [0.3, 0.4) is 0 Å². The maximum Gasteiger partial charge on any atom is 0.179 e. The Bertz CT molecular complexity index is 502. The quantitative estimate of drug-likeness (QED) is 0.595. The highest BCUT2D eigenvalue weighted by Crippen LogP contribution is 2.19. The largest absolute Gasteiger partial charge is 0.253 e. The molecule has 2 heterocycles. The minimum atomic E-state index is 0.462. The van der Waals surface area contributed by atoms with E-state index in [0.29, 0.717) is 11.0 Å². The number of pyridine rings is 1. The first-order valence-corrected chi connectivity index (χ1v) is 5.73. The SMILES string of the molecule is Cc1ccnc(-c2ncc(I)c(Cl)n2)c1. The molecule has 0 saturated heterocycles. The molecule has 0 saturated carbocycles. The molecule has 0 N–H and O–H groups in total. The normalized spacial score (nSPS) is 10.3. The molecule has 2 aromatic rings. The van der Waals surface area contributed by atoms with Crippen molar-refractivity contribution >= 4 is 34.2 Å². The van der Waals surface area contributed by atoms with Crippen molar-refractivity contribution in [1.29, 1.82) is 0 Å². The van der Waals surface area contributed by atoms with Crippen LogP contribution in [0, 0.1) is 10.5 Å². The highest BCUT2D eigenvalue weighted by atomic mass is 127. The van der Waals surface area contributed by atoms with Gasteiger partial charge in [0.15, 0.2) is 5.82 Å². The highest BCUT2D eigenvalue weighted by Gasteiger charge is 2.05. The summed E-state index contributed by atoms with van der Waals surface area (Å²) in [5.74, 6) is 0.559.